The lowest BCUT2D eigenvalue weighted by molar-refractivity contribution is -0.110. The van der Waals surface area contributed by atoms with Gasteiger partial charge in [0.05, 0.1) is 8.95 Å². The van der Waals surface area contributed by atoms with Crippen LogP contribution in [-0.4, -0.2) is 11.0 Å². The van der Waals surface area contributed by atoms with E-state index in [0.29, 0.717) is 14.5 Å². The van der Waals surface area contributed by atoms with Crippen molar-refractivity contribution in [2.45, 2.75) is 0 Å². The second-order valence-electron chi connectivity index (χ2n) is 4.39. The molecule has 0 bridgehead atoms. The van der Waals surface area contributed by atoms with Gasteiger partial charge in [0.15, 0.2) is 0 Å². The Kier molecular flexibility index (Phi) is 3.40. The van der Waals surface area contributed by atoms with Gasteiger partial charge in [0.2, 0.25) is 0 Å². The fourth-order valence-electron chi connectivity index (χ4n) is 2.12. The van der Waals surface area contributed by atoms with Gasteiger partial charge in [-0.2, -0.15) is 0 Å². The average Bonchev–Trinajstić information content (AvgIpc) is 2.73. The Morgan fingerprint density at radius 2 is 1.75 bits per heavy atom. The van der Waals surface area contributed by atoms with Gasteiger partial charge in [0.1, 0.15) is 5.75 Å². The maximum Gasteiger partial charge on any atom is 0.256 e. The van der Waals surface area contributed by atoms with Crippen LogP contribution in [0.1, 0.15) is 11.1 Å². The van der Waals surface area contributed by atoms with Gasteiger partial charge in [0, 0.05) is 16.8 Å². The SMILES string of the molecule is O=C1Nc2ccccc2C1=Cc1cc(Br)c(O)c(Br)c1. The molecule has 5 heteroatoms. The number of halogens is 2. The fourth-order valence-corrected chi connectivity index (χ4v) is 3.34. The minimum Gasteiger partial charge on any atom is -0.506 e. The fraction of sp³-hybridized carbons (Fsp3) is 0. The van der Waals surface area contributed by atoms with Gasteiger partial charge in [-0.1, -0.05) is 18.2 Å². The molecule has 1 heterocycles. The molecule has 0 unspecified atom stereocenters. The highest BCUT2D eigenvalue weighted by Gasteiger charge is 2.23. The van der Waals surface area contributed by atoms with Gasteiger partial charge in [-0.3, -0.25) is 4.79 Å². The number of amides is 1. The van der Waals surface area contributed by atoms with Crippen molar-refractivity contribution in [2.24, 2.45) is 0 Å². The minimum absolute atomic E-state index is 0.119. The van der Waals surface area contributed by atoms with Crippen LogP contribution < -0.4 is 5.32 Å². The zero-order valence-corrected chi connectivity index (χ0v) is 13.3. The first-order valence-electron chi connectivity index (χ1n) is 5.87. The zero-order valence-electron chi connectivity index (χ0n) is 10.2. The van der Waals surface area contributed by atoms with E-state index in [9.17, 15) is 9.90 Å². The molecule has 1 amide bonds. The van der Waals surface area contributed by atoms with Gasteiger partial charge in [-0.05, 0) is 61.7 Å². The Labute approximate surface area is 132 Å². The number of hydrogen-bond donors (Lipinski definition) is 2. The summed E-state index contributed by atoms with van der Waals surface area (Å²) in [7, 11) is 0. The number of phenolic OH excluding ortho intramolecular Hbond substituents is 1. The molecule has 3 nitrogen and oxygen atoms in total. The molecule has 0 spiro atoms. The zero-order chi connectivity index (χ0) is 14.3. The third-order valence-corrected chi connectivity index (χ3v) is 4.27. The molecule has 2 aromatic rings. The van der Waals surface area contributed by atoms with Crippen LogP contribution >= 0.6 is 31.9 Å². The summed E-state index contributed by atoms with van der Waals surface area (Å²) in [5.74, 6) is 0.0231. The van der Waals surface area contributed by atoms with Crippen LogP contribution in [0.5, 0.6) is 5.75 Å². The maximum atomic E-state index is 12.0. The summed E-state index contributed by atoms with van der Waals surface area (Å²) in [4.78, 5) is 12.0. The number of carbonyl (C=O) groups excluding carboxylic acids is 1. The first-order valence-corrected chi connectivity index (χ1v) is 7.45. The lowest BCUT2D eigenvalue weighted by Gasteiger charge is -2.03. The summed E-state index contributed by atoms with van der Waals surface area (Å²) < 4.78 is 1.15. The normalized spacial score (nSPS) is 15.3. The second kappa shape index (κ2) is 5.07. The van der Waals surface area contributed by atoms with Crippen LogP contribution in [-0.2, 0) is 4.79 Å². The molecule has 0 saturated heterocycles. The number of hydrogen-bond acceptors (Lipinski definition) is 2. The molecule has 20 heavy (non-hydrogen) atoms. The van der Waals surface area contributed by atoms with Crippen LogP contribution in [0.3, 0.4) is 0 Å². The van der Waals surface area contributed by atoms with Crippen molar-refractivity contribution < 1.29 is 9.90 Å². The van der Waals surface area contributed by atoms with Gasteiger partial charge in [0.25, 0.3) is 5.91 Å². The number of para-hydroxylation sites is 1. The highest BCUT2D eigenvalue weighted by Crippen LogP contribution is 2.36. The van der Waals surface area contributed by atoms with Crippen LogP contribution in [0.4, 0.5) is 5.69 Å². The monoisotopic (exact) mass is 393 g/mol. The van der Waals surface area contributed by atoms with Crippen LogP contribution in [0.25, 0.3) is 11.6 Å². The number of anilines is 1. The van der Waals surface area contributed by atoms with Crippen molar-refractivity contribution in [1.29, 1.82) is 0 Å². The van der Waals surface area contributed by atoms with E-state index in [1.165, 1.54) is 0 Å². The Hall–Kier alpha value is -1.59. The third kappa shape index (κ3) is 2.27. The Morgan fingerprint density at radius 1 is 1.10 bits per heavy atom. The molecule has 100 valence electrons. The molecular formula is C15H9Br2NO2. The smallest absolute Gasteiger partial charge is 0.256 e. The van der Waals surface area contributed by atoms with Gasteiger partial charge >= 0.3 is 0 Å². The largest absolute Gasteiger partial charge is 0.506 e. The molecule has 0 aliphatic carbocycles. The number of rotatable bonds is 1. The van der Waals surface area contributed by atoms with Crippen molar-refractivity contribution in [3.05, 3.63) is 56.5 Å². The van der Waals surface area contributed by atoms with Crippen molar-refractivity contribution in [3.63, 3.8) is 0 Å². The standard InChI is InChI=1S/C15H9Br2NO2/c16-11-6-8(7-12(17)14(11)19)5-10-9-3-1-2-4-13(9)18-15(10)20/h1-7,19H,(H,18,20). The molecule has 3 rings (SSSR count). The van der Waals surface area contributed by atoms with Crippen molar-refractivity contribution in [1.82, 2.24) is 0 Å². The molecule has 0 atom stereocenters. The number of benzene rings is 2. The first-order chi connectivity index (χ1) is 9.56. The predicted molar refractivity (Wildman–Crippen MR) is 86.4 cm³/mol. The molecule has 2 aromatic carbocycles. The van der Waals surface area contributed by atoms with E-state index in [4.69, 9.17) is 0 Å². The van der Waals surface area contributed by atoms with Gasteiger partial charge in [-0.25, -0.2) is 0 Å². The van der Waals surface area contributed by atoms with Gasteiger partial charge < -0.3 is 10.4 Å². The van der Waals surface area contributed by atoms with E-state index in [-0.39, 0.29) is 11.7 Å². The number of fused-ring (bicyclic) bond motifs is 1. The third-order valence-electron chi connectivity index (χ3n) is 3.06. The Balaban J connectivity index is 2.11. The molecule has 0 saturated carbocycles. The van der Waals surface area contributed by atoms with E-state index >= 15 is 0 Å². The summed E-state index contributed by atoms with van der Waals surface area (Å²) >= 11 is 6.57. The van der Waals surface area contributed by atoms with E-state index in [1.54, 1.807) is 18.2 Å². The average molecular weight is 395 g/mol. The number of aromatic hydroxyl groups is 1. The Bertz CT molecular complexity index is 730. The van der Waals surface area contributed by atoms with Crippen molar-refractivity contribution in [3.8, 4) is 5.75 Å². The van der Waals surface area contributed by atoms with E-state index < -0.39 is 0 Å². The maximum absolute atomic E-state index is 12.0. The van der Waals surface area contributed by atoms with Crippen LogP contribution in [0, 0.1) is 0 Å². The molecule has 1 aliphatic heterocycles. The summed E-state index contributed by atoms with van der Waals surface area (Å²) in [5.41, 5.74) is 3.15. The highest BCUT2D eigenvalue weighted by molar-refractivity contribution is 9.11. The molecule has 1 aliphatic rings. The topological polar surface area (TPSA) is 49.3 Å². The first kappa shape index (κ1) is 13.4. The number of carbonyl (C=O) groups is 1. The Morgan fingerprint density at radius 3 is 2.45 bits per heavy atom. The quantitative estimate of drug-likeness (QED) is 0.704. The molecular weight excluding hydrogens is 386 g/mol. The van der Waals surface area contributed by atoms with E-state index in [2.05, 4.69) is 37.2 Å². The summed E-state index contributed by atoms with van der Waals surface area (Å²) in [6, 6.07) is 11.1. The van der Waals surface area contributed by atoms with E-state index in [0.717, 1.165) is 16.8 Å². The highest BCUT2D eigenvalue weighted by atomic mass is 79.9. The summed E-state index contributed by atoms with van der Waals surface area (Å²) in [6.45, 7) is 0. The number of phenols is 1. The lowest BCUT2D eigenvalue weighted by atomic mass is 10.0. The summed E-state index contributed by atoms with van der Waals surface area (Å²) in [5, 5.41) is 12.5. The number of nitrogens with one attached hydrogen (secondary N) is 1. The van der Waals surface area contributed by atoms with Crippen molar-refractivity contribution >= 4 is 55.1 Å². The molecule has 0 fully saturated rings. The molecule has 0 aromatic heterocycles. The van der Waals surface area contributed by atoms with E-state index in [1.807, 2.05) is 24.3 Å². The van der Waals surface area contributed by atoms with Gasteiger partial charge in [-0.15, -0.1) is 0 Å². The lowest BCUT2D eigenvalue weighted by Crippen LogP contribution is -2.03. The summed E-state index contributed by atoms with van der Waals surface area (Å²) in [6.07, 6.45) is 1.80. The molecule has 0 radical (unpaired) electrons. The predicted octanol–water partition coefficient (Wildman–Crippen LogP) is 4.41. The van der Waals surface area contributed by atoms with Crippen molar-refractivity contribution in [2.75, 3.05) is 5.32 Å². The van der Waals surface area contributed by atoms with Crippen LogP contribution in [0.2, 0.25) is 0 Å². The second-order valence-corrected chi connectivity index (χ2v) is 6.10. The molecule has 2 N–H and O–H groups in total. The minimum atomic E-state index is -0.119. The van der Waals surface area contributed by atoms with Crippen LogP contribution in [0.15, 0.2) is 45.3 Å².